The van der Waals surface area contributed by atoms with Crippen LogP contribution in [0.1, 0.15) is 18.6 Å². The van der Waals surface area contributed by atoms with Crippen molar-refractivity contribution in [3.8, 4) is 0 Å². The van der Waals surface area contributed by atoms with Crippen LogP contribution in [0.5, 0.6) is 0 Å². The van der Waals surface area contributed by atoms with Gasteiger partial charge in [-0.05, 0) is 6.07 Å². The Hall–Kier alpha value is -2.71. The van der Waals surface area contributed by atoms with Crippen LogP contribution in [0.2, 0.25) is 0 Å². The fourth-order valence-electron chi connectivity index (χ4n) is 1.58. The van der Waals surface area contributed by atoms with E-state index in [-0.39, 0.29) is 36.8 Å². The summed E-state index contributed by atoms with van der Waals surface area (Å²) in [6, 6.07) is 2.50. The number of nitrogens with zero attached hydrogens (tertiary/aromatic N) is 3. The lowest BCUT2D eigenvalue weighted by Gasteiger charge is -2.20. The Morgan fingerprint density at radius 1 is 1.53 bits per heavy atom. The van der Waals surface area contributed by atoms with E-state index < -0.39 is 16.8 Å². The van der Waals surface area contributed by atoms with Crippen molar-refractivity contribution in [3.63, 3.8) is 0 Å². The molecule has 0 spiro atoms. The number of aliphatic carboxylic acids is 1. The highest BCUT2D eigenvalue weighted by Crippen LogP contribution is 2.19. The molecule has 2 rings (SSSR count). The highest BCUT2D eigenvalue weighted by Gasteiger charge is 2.25. The molecule has 0 saturated heterocycles. The van der Waals surface area contributed by atoms with E-state index in [1.807, 2.05) is 0 Å². The highest BCUT2D eigenvalue weighted by atomic mass is 16.6. The van der Waals surface area contributed by atoms with Gasteiger partial charge in [-0.1, -0.05) is 0 Å². The lowest BCUT2D eigenvalue weighted by Crippen LogP contribution is -2.33. The first-order chi connectivity index (χ1) is 8.97. The molecule has 1 N–H and O–H groups in total. The normalized spacial score (nSPS) is 15.3. The number of hydrogen-bond donors (Lipinski definition) is 1. The summed E-state index contributed by atoms with van der Waals surface area (Å²) in [6.45, 7) is -0.135. The average Bonchev–Trinajstić information content (AvgIpc) is 2.80. The summed E-state index contributed by atoms with van der Waals surface area (Å²) in [4.78, 5) is 32.1. The Kier molecular flexibility index (Phi) is 3.27. The van der Waals surface area contributed by atoms with Crippen LogP contribution in [0.3, 0.4) is 0 Å². The zero-order valence-corrected chi connectivity index (χ0v) is 9.61. The van der Waals surface area contributed by atoms with Crippen LogP contribution in [0.15, 0.2) is 21.7 Å². The minimum Gasteiger partial charge on any atom is -0.477 e. The summed E-state index contributed by atoms with van der Waals surface area (Å²) >= 11 is 0. The van der Waals surface area contributed by atoms with Crippen LogP contribution in [-0.4, -0.2) is 32.6 Å². The van der Waals surface area contributed by atoms with Crippen molar-refractivity contribution in [3.05, 3.63) is 28.0 Å². The summed E-state index contributed by atoms with van der Waals surface area (Å²) in [5.41, 5.74) is -0.124. The van der Waals surface area contributed by atoms with Gasteiger partial charge in [0, 0.05) is 12.8 Å². The first-order valence-corrected chi connectivity index (χ1v) is 5.31. The SMILES string of the molecule is O=C(O)C1=NN(Cc2ccc([N+](=O)[O-])o2)C(=O)CC1. The number of hydrogen-bond acceptors (Lipinski definition) is 6. The Bertz CT molecular complexity index is 576. The van der Waals surface area contributed by atoms with Crippen molar-refractivity contribution in [2.75, 3.05) is 0 Å². The third-order valence-corrected chi connectivity index (χ3v) is 2.48. The third kappa shape index (κ3) is 2.76. The molecule has 0 bridgehead atoms. The molecule has 2 heterocycles. The summed E-state index contributed by atoms with van der Waals surface area (Å²) in [6.07, 6.45) is 0.108. The van der Waals surface area contributed by atoms with Crippen LogP contribution >= 0.6 is 0 Å². The van der Waals surface area contributed by atoms with Gasteiger partial charge in [0.1, 0.15) is 22.9 Å². The molecule has 19 heavy (non-hydrogen) atoms. The minimum atomic E-state index is -1.19. The average molecular weight is 267 g/mol. The topological polar surface area (TPSA) is 126 Å². The number of rotatable bonds is 4. The van der Waals surface area contributed by atoms with Gasteiger partial charge in [-0.3, -0.25) is 14.9 Å². The molecule has 0 aromatic carbocycles. The minimum absolute atomic E-state index is 0.0356. The second-order valence-corrected chi connectivity index (χ2v) is 3.80. The van der Waals surface area contributed by atoms with E-state index in [9.17, 15) is 19.7 Å². The maximum atomic E-state index is 11.6. The van der Waals surface area contributed by atoms with Gasteiger partial charge in [0.05, 0.1) is 6.07 Å². The molecule has 0 radical (unpaired) electrons. The van der Waals surface area contributed by atoms with Crippen molar-refractivity contribution in [1.29, 1.82) is 0 Å². The number of carboxylic acid groups (broad SMARTS) is 1. The molecule has 0 aliphatic carbocycles. The lowest BCUT2D eigenvalue weighted by molar-refractivity contribution is -0.402. The Morgan fingerprint density at radius 2 is 2.26 bits per heavy atom. The monoisotopic (exact) mass is 267 g/mol. The van der Waals surface area contributed by atoms with Gasteiger partial charge < -0.3 is 9.52 Å². The van der Waals surface area contributed by atoms with Crippen LogP contribution in [0, 0.1) is 10.1 Å². The molecular formula is C10H9N3O6. The number of furan rings is 1. The Labute approximate surface area is 106 Å². The van der Waals surface area contributed by atoms with Gasteiger partial charge in [0.25, 0.3) is 0 Å². The molecular weight excluding hydrogens is 258 g/mol. The van der Waals surface area contributed by atoms with E-state index in [1.165, 1.54) is 6.07 Å². The molecule has 100 valence electrons. The number of hydrazone groups is 1. The molecule has 0 fully saturated rings. The fraction of sp³-hybridized carbons (Fsp3) is 0.300. The van der Waals surface area contributed by atoms with Gasteiger partial charge in [-0.25, -0.2) is 9.80 Å². The molecule has 1 aromatic heterocycles. The first-order valence-electron chi connectivity index (χ1n) is 5.31. The van der Waals surface area contributed by atoms with E-state index >= 15 is 0 Å². The van der Waals surface area contributed by atoms with E-state index in [1.54, 1.807) is 0 Å². The molecule has 0 saturated carbocycles. The molecule has 1 aliphatic rings. The zero-order valence-electron chi connectivity index (χ0n) is 9.61. The van der Waals surface area contributed by atoms with E-state index in [2.05, 4.69) is 5.10 Å². The van der Waals surface area contributed by atoms with Crippen LogP contribution < -0.4 is 0 Å². The quantitative estimate of drug-likeness (QED) is 0.633. The van der Waals surface area contributed by atoms with Gasteiger partial charge in [0.15, 0.2) is 0 Å². The zero-order chi connectivity index (χ0) is 14.0. The summed E-state index contributed by atoms with van der Waals surface area (Å²) in [7, 11) is 0. The van der Waals surface area contributed by atoms with E-state index in [0.717, 1.165) is 11.1 Å². The van der Waals surface area contributed by atoms with E-state index in [0.29, 0.717) is 0 Å². The number of carbonyl (C=O) groups is 2. The number of amides is 1. The van der Waals surface area contributed by atoms with Gasteiger partial charge in [-0.2, -0.15) is 5.10 Å². The lowest BCUT2D eigenvalue weighted by atomic mass is 10.1. The van der Waals surface area contributed by atoms with E-state index in [4.69, 9.17) is 9.52 Å². The van der Waals surface area contributed by atoms with Gasteiger partial charge in [-0.15, -0.1) is 0 Å². The smallest absolute Gasteiger partial charge is 0.433 e. The van der Waals surface area contributed by atoms with Crippen molar-refractivity contribution < 1.29 is 24.0 Å². The maximum absolute atomic E-state index is 11.6. The summed E-state index contributed by atoms with van der Waals surface area (Å²) in [5, 5.41) is 23.9. The molecule has 1 aliphatic heterocycles. The third-order valence-electron chi connectivity index (χ3n) is 2.48. The largest absolute Gasteiger partial charge is 0.477 e. The van der Waals surface area contributed by atoms with Gasteiger partial charge in [0.2, 0.25) is 5.91 Å². The molecule has 1 aromatic rings. The fourth-order valence-corrected chi connectivity index (χ4v) is 1.58. The molecule has 9 nitrogen and oxygen atoms in total. The summed E-state index contributed by atoms with van der Waals surface area (Å²) < 4.78 is 4.88. The number of nitro groups is 1. The summed E-state index contributed by atoms with van der Waals surface area (Å²) in [5.74, 6) is -1.83. The Balaban J connectivity index is 2.16. The molecule has 0 atom stereocenters. The van der Waals surface area contributed by atoms with Crippen LogP contribution in [-0.2, 0) is 16.1 Å². The van der Waals surface area contributed by atoms with Crippen LogP contribution in [0.4, 0.5) is 5.88 Å². The standard InChI is InChI=1S/C10H9N3O6/c14-8-3-2-7(10(15)16)11-12(8)5-6-1-4-9(19-6)13(17)18/h1,4H,2-3,5H2,(H,15,16). The second-order valence-electron chi connectivity index (χ2n) is 3.80. The molecule has 0 unspecified atom stereocenters. The van der Waals surface area contributed by atoms with Crippen molar-refractivity contribution in [2.24, 2.45) is 5.10 Å². The van der Waals surface area contributed by atoms with Crippen molar-refractivity contribution in [2.45, 2.75) is 19.4 Å². The predicted molar refractivity (Wildman–Crippen MR) is 60.2 cm³/mol. The second kappa shape index (κ2) is 4.88. The van der Waals surface area contributed by atoms with Crippen LogP contribution in [0.25, 0.3) is 0 Å². The van der Waals surface area contributed by atoms with Crippen molar-refractivity contribution >= 4 is 23.5 Å². The number of carbonyl (C=O) groups excluding carboxylic acids is 1. The van der Waals surface area contributed by atoms with Gasteiger partial charge >= 0.3 is 11.9 Å². The predicted octanol–water partition coefficient (Wildman–Crippen LogP) is 0.751. The maximum Gasteiger partial charge on any atom is 0.433 e. The Morgan fingerprint density at radius 3 is 2.84 bits per heavy atom. The molecule has 9 heteroatoms. The van der Waals surface area contributed by atoms with Crippen molar-refractivity contribution in [1.82, 2.24) is 5.01 Å². The number of carboxylic acids is 1. The molecule has 1 amide bonds. The first kappa shape index (κ1) is 12.7. The highest BCUT2D eigenvalue weighted by molar-refractivity contribution is 6.36.